The van der Waals surface area contributed by atoms with Crippen molar-refractivity contribution in [1.82, 2.24) is 14.5 Å². The number of rotatable bonds is 4. The molecule has 0 bridgehead atoms. The van der Waals surface area contributed by atoms with E-state index in [1.54, 1.807) is 36.4 Å². The molecule has 114 valence electrons. The minimum absolute atomic E-state index is 0.0559. The molecule has 0 saturated carbocycles. The molecule has 1 aromatic carbocycles. The van der Waals surface area contributed by atoms with Gasteiger partial charge >= 0.3 is 0 Å². The zero-order chi connectivity index (χ0) is 15.7. The molecule has 0 fully saturated rings. The summed E-state index contributed by atoms with van der Waals surface area (Å²) >= 11 is 6.18. The minimum Gasteiger partial charge on any atom is -0.344 e. The number of imidazole rings is 1. The van der Waals surface area contributed by atoms with Crippen LogP contribution in [0.15, 0.2) is 18.2 Å². The van der Waals surface area contributed by atoms with E-state index in [2.05, 4.69) is 4.98 Å². The van der Waals surface area contributed by atoms with Crippen LogP contribution in [0, 0.1) is 5.82 Å². The van der Waals surface area contributed by atoms with Crippen molar-refractivity contribution in [3.05, 3.63) is 29.8 Å². The molecule has 1 amide bonds. The Labute approximate surface area is 128 Å². The largest absolute Gasteiger partial charge is 0.344 e. The van der Waals surface area contributed by atoms with Crippen molar-refractivity contribution in [3.63, 3.8) is 0 Å². The Bertz CT molecular complexity index is 668. The standard InChI is InChI=1S/C15H19ClFN3O/c1-5-19(4)15(21)10(3)20-13-8-11(17)6-7-12(13)18-14(20)9(2)16/h6-10H,5H2,1-4H3. The Morgan fingerprint density at radius 2 is 2.14 bits per heavy atom. The van der Waals surface area contributed by atoms with Crippen molar-refractivity contribution < 1.29 is 9.18 Å². The topological polar surface area (TPSA) is 38.1 Å². The minimum atomic E-state index is -0.488. The molecule has 2 atom stereocenters. The van der Waals surface area contributed by atoms with Crippen molar-refractivity contribution in [2.75, 3.05) is 13.6 Å². The molecule has 2 aromatic rings. The van der Waals surface area contributed by atoms with Crippen LogP contribution in [0.2, 0.25) is 0 Å². The first-order valence-electron chi connectivity index (χ1n) is 6.93. The van der Waals surface area contributed by atoms with Crippen LogP contribution in [0.3, 0.4) is 0 Å². The highest BCUT2D eigenvalue weighted by Gasteiger charge is 2.25. The molecule has 2 unspecified atom stereocenters. The van der Waals surface area contributed by atoms with Gasteiger partial charge in [-0.15, -0.1) is 11.6 Å². The maximum Gasteiger partial charge on any atom is 0.245 e. The molecule has 1 aromatic heterocycles. The number of likely N-dealkylation sites (N-methyl/N-ethyl adjacent to an activating group) is 1. The lowest BCUT2D eigenvalue weighted by Crippen LogP contribution is -2.33. The molecule has 0 radical (unpaired) electrons. The van der Waals surface area contributed by atoms with E-state index < -0.39 is 6.04 Å². The number of aromatic nitrogens is 2. The Balaban J connectivity index is 2.62. The maximum absolute atomic E-state index is 13.5. The van der Waals surface area contributed by atoms with Crippen molar-refractivity contribution in [2.24, 2.45) is 0 Å². The van der Waals surface area contributed by atoms with Gasteiger partial charge in [0.15, 0.2) is 0 Å². The third-order valence-electron chi connectivity index (χ3n) is 3.63. The molecule has 6 heteroatoms. The number of amides is 1. The van der Waals surface area contributed by atoms with Gasteiger partial charge in [0, 0.05) is 13.6 Å². The third kappa shape index (κ3) is 2.88. The van der Waals surface area contributed by atoms with Crippen LogP contribution in [-0.4, -0.2) is 34.0 Å². The first-order chi connectivity index (χ1) is 9.86. The van der Waals surface area contributed by atoms with Crippen LogP contribution in [-0.2, 0) is 4.79 Å². The number of alkyl halides is 1. The first kappa shape index (κ1) is 15.8. The van der Waals surface area contributed by atoms with Gasteiger partial charge in [0.1, 0.15) is 17.7 Å². The lowest BCUT2D eigenvalue weighted by molar-refractivity contribution is -0.132. The molecule has 2 rings (SSSR count). The van der Waals surface area contributed by atoms with Crippen molar-refractivity contribution in [1.29, 1.82) is 0 Å². The third-order valence-corrected chi connectivity index (χ3v) is 3.83. The summed E-state index contributed by atoms with van der Waals surface area (Å²) in [4.78, 5) is 18.5. The molecule has 1 heterocycles. The van der Waals surface area contributed by atoms with Gasteiger partial charge in [-0.1, -0.05) is 0 Å². The Hall–Kier alpha value is -1.62. The summed E-state index contributed by atoms with van der Waals surface area (Å²) in [7, 11) is 1.74. The molecular formula is C15H19ClFN3O. The predicted molar refractivity (Wildman–Crippen MR) is 82.0 cm³/mol. The van der Waals surface area contributed by atoms with Gasteiger partial charge < -0.3 is 9.47 Å². The van der Waals surface area contributed by atoms with Crippen LogP contribution in [0.25, 0.3) is 11.0 Å². The zero-order valence-corrected chi connectivity index (χ0v) is 13.4. The van der Waals surface area contributed by atoms with Crippen LogP contribution in [0.4, 0.5) is 4.39 Å². The number of benzene rings is 1. The van der Waals surface area contributed by atoms with Crippen LogP contribution >= 0.6 is 11.6 Å². The second-order valence-electron chi connectivity index (χ2n) is 5.12. The van der Waals surface area contributed by atoms with Gasteiger partial charge in [-0.05, 0) is 39.0 Å². The summed E-state index contributed by atoms with van der Waals surface area (Å²) in [6, 6.07) is 3.86. The fourth-order valence-corrected chi connectivity index (χ4v) is 2.51. The van der Waals surface area contributed by atoms with E-state index in [9.17, 15) is 9.18 Å². The number of halogens is 2. The van der Waals surface area contributed by atoms with Crippen LogP contribution in [0.5, 0.6) is 0 Å². The highest BCUT2D eigenvalue weighted by Crippen LogP contribution is 2.29. The van der Waals surface area contributed by atoms with E-state index >= 15 is 0 Å². The fraction of sp³-hybridized carbons (Fsp3) is 0.467. The molecule has 0 aliphatic heterocycles. The second-order valence-corrected chi connectivity index (χ2v) is 5.77. The van der Waals surface area contributed by atoms with E-state index in [0.29, 0.717) is 23.4 Å². The molecule has 21 heavy (non-hydrogen) atoms. The molecule has 0 saturated heterocycles. The maximum atomic E-state index is 13.5. The van der Waals surface area contributed by atoms with Gasteiger partial charge in [-0.3, -0.25) is 4.79 Å². The number of carbonyl (C=O) groups is 1. The summed E-state index contributed by atoms with van der Waals surface area (Å²) in [5.74, 6) is 0.156. The first-order valence-corrected chi connectivity index (χ1v) is 7.36. The summed E-state index contributed by atoms with van der Waals surface area (Å²) in [6.07, 6.45) is 0. The molecule has 4 nitrogen and oxygen atoms in total. The van der Waals surface area contributed by atoms with Gasteiger partial charge in [-0.25, -0.2) is 9.37 Å². The van der Waals surface area contributed by atoms with Gasteiger partial charge in [0.05, 0.1) is 16.4 Å². The Morgan fingerprint density at radius 3 is 2.71 bits per heavy atom. The van der Waals surface area contributed by atoms with E-state index in [4.69, 9.17) is 11.6 Å². The van der Waals surface area contributed by atoms with Crippen LogP contribution in [0.1, 0.15) is 38.0 Å². The molecule has 0 aliphatic rings. The molecular weight excluding hydrogens is 293 g/mol. The number of nitrogens with zero attached hydrogens (tertiary/aromatic N) is 3. The average molecular weight is 312 g/mol. The second kappa shape index (κ2) is 6.02. The monoisotopic (exact) mass is 311 g/mol. The Morgan fingerprint density at radius 1 is 1.48 bits per heavy atom. The smallest absolute Gasteiger partial charge is 0.245 e. The summed E-state index contributed by atoms with van der Waals surface area (Å²) in [5, 5.41) is -0.373. The number of fused-ring (bicyclic) bond motifs is 1. The fourth-order valence-electron chi connectivity index (χ4n) is 2.36. The quantitative estimate of drug-likeness (QED) is 0.810. The summed E-state index contributed by atoms with van der Waals surface area (Å²) in [5.41, 5.74) is 1.22. The van der Waals surface area contributed by atoms with E-state index in [1.807, 2.05) is 6.92 Å². The number of hydrogen-bond acceptors (Lipinski definition) is 2. The van der Waals surface area contributed by atoms with Gasteiger partial charge in [-0.2, -0.15) is 0 Å². The average Bonchev–Trinajstić information content (AvgIpc) is 2.83. The number of carbonyl (C=O) groups excluding carboxylic acids is 1. The molecule has 0 spiro atoms. The van der Waals surface area contributed by atoms with Crippen LogP contribution < -0.4 is 0 Å². The van der Waals surface area contributed by atoms with E-state index in [-0.39, 0.29) is 17.1 Å². The SMILES string of the molecule is CCN(C)C(=O)C(C)n1c(C(C)Cl)nc2ccc(F)cc21. The van der Waals surface area contributed by atoms with Crippen molar-refractivity contribution in [3.8, 4) is 0 Å². The molecule has 0 aliphatic carbocycles. The van der Waals surface area contributed by atoms with E-state index in [1.165, 1.54) is 12.1 Å². The zero-order valence-electron chi connectivity index (χ0n) is 12.6. The lowest BCUT2D eigenvalue weighted by Gasteiger charge is -2.23. The van der Waals surface area contributed by atoms with Crippen molar-refractivity contribution in [2.45, 2.75) is 32.2 Å². The summed E-state index contributed by atoms with van der Waals surface area (Å²) in [6.45, 7) is 6.08. The van der Waals surface area contributed by atoms with Gasteiger partial charge in [0.25, 0.3) is 0 Å². The van der Waals surface area contributed by atoms with Gasteiger partial charge in [0.2, 0.25) is 5.91 Å². The molecule has 0 N–H and O–H groups in total. The highest BCUT2D eigenvalue weighted by molar-refractivity contribution is 6.20. The normalized spacial score (nSPS) is 14.2. The highest BCUT2D eigenvalue weighted by atomic mass is 35.5. The lowest BCUT2D eigenvalue weighted by atomic mass is 10.2. The number of hydrogen-bond donors (Lipinski definition) is 0. The van der Waals surface area contributed by atoms with E-state index in [0.717, 1.165) is 0 Å². The predicted octanol–water partition coefficient (Wildman–Crippen LogP) is 3.51. The summed E-state index contributed by atoms with van der Waals surface area (Å²) < 4.78 is 15.3. The Kier molecular flexibility index (Phi) is 4.52. The van der Waals surface area contributed by atoms with Crippen molar-refractivity contribution >= 4 is 28.5 Å².